The predicted molar refractivity (Wildman–Crippen MR) is 302 cm³/mol. The molecule has 0 saturated heterocycles. The number of carbonyl (C=O) groups is 3. The van der Waals surface area contributed by atoms with E-state index in [1.165, 1.54) is 199 Å². The molecule has 0 aliphatic rings. The van der Waals surface area contributed by atoms with Gasteiger partial charge < -0.3 is 14.2 Å². The first-order chi connectivity index (χ1) is 34.5. The zero-order valence-electron chi connectivity index (χ0n) is 46.8. The molecule has 0 aromatic heterocycles. The highest BCUT2D eigenvalue weighted by atomic mass is 16.6. The summed E-state index contributed by atoms with van der Waals surface area (Å²) < 4.78 is 16.9. The highest BCUT2D eigenvalue weighted by Crippen LogP contribution is 2.17. The molecule has 1 unspecified atom stereocenters. The van der Waals surface area contributed by atoms with E-state index < -0.39 is 6.10 Å². The number of unbranched alkanes of at least 4 members (excludes halogenated alkanes) is 37. The zero-order valence-corrected chi connectivity index (χ0v) is 46.8. The third-order valence-electron chi connectivity index (χ3n) is 13.6. The van der Waals surface area contributed by atoms with Crippen molar-refractivity contribution in [3.8, 4) is 0 Å². The summed E-state index contributed by atoms with van der Waals surface area (Å²) in [6.07, 6.45) is 72.6. The normalized spacial score (nSPS) is 12.3. The number of esters is 3. The lowest BCUT2D eigenvalue weighted by atomic mass is 10.0. The number of hydrogen-bond acceptors (Lipinski definition) is 6. The van der Waals surface area contributed by atoms with Gasteiger partial charge in [-0.2, -0.15) is 0 Å². The average Bonchev–Trinajstić information content (AvgIpc) is 3.36. The fourth-order valence-corrected chi connectivity index (χ4v) is 8.98. The van der Waals surface area contributed by atoms with Crippen LogP contribution in [-0.4, -0.2) is 37.2 Å². The van der Waals surface area contributed by atoms with Crippen LogP contribution in [0.1, 0.15) is 323 Å². The minimum Gasteiger partial charge on any atom is -0.462 e. The molecule has 0 rings (SSSR count). The summed E-state index contributed by atoms with van der Waals surface area (Å²) in [5.74, 6) is -0.893. The molecule has 6 heteroatoms. The molecule has 0 aliphatic carbocycles. The Kier molecular flexibility index (Phi) is 56.7. The van der Waals surface area contributed by atoms with Gasteiger partial charge in [-0.25, -0.2) is 0 Å². The summed E-state index contributed by atoms with van der Waals surface area (Å²) in [5, 5.41) is 0. The molecule has 408 valence electrons. The average molecular weight is 982 g/mol. The van der Waals surface area contributed by atoms with E-state index in [2.05, 4.69) is 69.4 Å². The first-order valence-corrected chi connectivity index (χ1v) is 30.6. The van der Waals surface area contributed by atoms with Gasteiger partial charge in [-0.1, -0.05) is 275 Å². The van der Waals surface area contributed by atoms with Gasteiger partial charge in [0.25, 0.3) is 0 Å². The van der Waals surface area contributed by atoms with Crippen molar-refractivity contribution in [1.29, 1.82) is 0 Å². The lowest BCUT2D eigenvalue weighted by Crippen LogP contribution is -2.30. The fourth-order valence-electron chi connectivity index (χ4n) is 8.98. The molecule has 0 aliphatic heterocycles. The molecule has 0 aromatic rings. The summed E-state index contributed by atoms with van der Waals surface area (Å²) >= 11 is 0. The van der Waals surface area contributed by atoms with Crippen molar-refractivity contribution in [3.63, 3.8) is 0 Å². The predicted octanol–water partition coefficient (Wildman–Crippen LogP) is 20.6. The van der Waals surface area contributed by atoms with Crippen LogP contribution in [0.4, 0.5) is 0 Å². The van der Waals surface area contributed by atoms with Crippen LogP contribution in [0.2, 0.25) is 0 Å². The summed E-state index contributed by atoms with van der Waals surface area (Å²) in [4.78, 5) is 38.2. The maximum absolute atomic E-state index is 12.9. The third-order valence-corrected chi connectivity index (χ3v) is 13.6. The van der Waals surface area contributed by atoms with Crippen molar-refractivity contribution in [2.75, 3.05) is 13.2 Å². The smallest absolute Gasteiger partial charge is 0.306 e. The van der Waals surface area contributed by atoms with Crippen LogP contribution in [0.5, 0.6) is 0 Å². The van der Waals surface area contributed by atoms with Gasteiger partial charge in [-0.3, -0.25) is 14.4 Å². The van der Waals surface area contributed by atoms with Crippen molar-refractivity contribution in [3.05, 3.63) is 48.6 Å². The molecule has 0 fully saturated rings. The summed E-state index contributed by atoms with van der Waals surface area (Å²) in [6, 6.07) is 0. The van der Waals surface area contributed by atoms with Gasteiger partial charge in [0, 0.05) is 19.3 Å². The van der Waals surface area contributed by atoms with Crippen molar-refractivity contribution in [2.45, 2.75) is 329 Å². The molecule has 0 heterocycles. The number of hydrogen-bond donors (Lipinski definition) is 0. The second-order valence-corrected chi connectivity index (χ2v) is 20.6. The monoisotopic (exact) mass is 981 g/mol. The van der Waals surface area contributed by atoms with Gasteiger partial charge in [0.05, 0.1) is 0 Å². The van der Waals surface area contributed by atoms with Crippen molar-refractivity contribution in [2.24, 2.45) is 0 Å². The van der Waals surface area contributed by atoms with Crippen molar-refractivity contribution >= 4 is 17.9 Å². The molecule has 1 atom stereocenters. The Bertz CT molecular complexity index is 1220. The first kappa shape index (κ1) is 67.4. The van der Waals surface area contributed by atoms with Gasteiger partial charge in [-0.05, 0) is 77.0 Å². The summed E-state index contributed by atoms with van der Waals surface area (Å²) in [6.45, 7) is 6.54. The molecule has 0 spiro atoms. The largest absolute Gasteiger partial charge is 0.462 e. The van der Waals surface area contributed by atoms with Crippen LogP contribution >= 0.6 is 0 Å². The molecule has 0 radical (unpaired) electrons. The first-order valence-electron chi connectivity index (χ1n) is 30.6. The van der Waals surface area contributed by atoms with Crippen LogP contribution in [0.3, 0.4) is 0 Å². The van der Waals surface area contributed by atoms with E-state index in [-0.39, 0.29) is 31.1 Å². The zero-order chi connectivity index (χ0) is 50.7. The highest BCUT2D eigenvalue weighted by Gasteiger charge is 2.19. The molecule has 70 heavy (non-hydrogen) atoms. The highest BCUT2D eigenvalue weighted by molar-refractivity contribution is 5.71. The Morgan fingerprint density at radius 3 is 0.900 bits per heavy atom. The SMILES string of the molecule is CC/C=C\C/C=C\C/C=C\CCCCCC(=O)OCC(COC(=O)CCCCCCCCCCCCC/C=C\CCCCCCCCCC)OC(=O)CCCCCCCCCCCCCCCCCC. The Morgan fingerprint density at radius 1 is 0.300 bits per heavy atom. The number of ether oxygens (including phenoxy) is 3. The minimum atomic E-state index is -0.783. The summed E-state index contributed by atoms with van der Waals surface area (Å²) in [7, 11) is 0. The Balaban J connectivity index is 4.29. The quantitative estimate of drug-likeness (QED) is 0.0261. The Labute approximate surface area is 435 Å². The molecule has 0 saturated carbocycles. The maximum atomic E-state index is 12.9. The van der Waals surface area contributed by atoms with E-state index in [1.807, 2.05) is 0 Å². The minimum absolute atomic E-state index is 0.0795. The second-order valence-electron chi connectivity index (χ2n) is 20.6. The van der Waals surface area contributed by atoms with Crippen molar-refractivity contribution in [1.82, 2.24) is 0 Å². The van der Waals surface area contributed by atoms with Gasteiger partial charge in [-0.15, -0.1) is 0 Å². The molecule has 0 N–H and O–H groups in total. The van der Waals surface area contributed by atoms with E-state index in [1.54, 1.807) is 0 Å². The fraction of sp³-hybridized carbons (Fsp3) is 0.828. The van der Waals surface area contributed by atoms with E-state index in [4.69, 9.17) is 14.2 Å². The third kappa shape index (κ3) is 56.3. The molecule has 6 nitrogen and oxygen atoms in total. The van der Waals surface area contributed by atoms with E-state index in [0.29, 0.717) is 19.3 Å². The molecule has 0 bridgehead atoms. The van der Waals surface area contributed by atoms with Gasteiger partial charge >= 0.3 is 17.9 Å². The van der Waals surface area contributed by atoms with E-state index in [0.717, 1.165) is 83.5 Å². The van der Waals surface area contributed by atoms with Gasteiger partial charge in [0.1, 0.15) is 13.2 Å². The Hall–Kier alpha value is -2.63. The van der Waals surface area contributed by atoms with Crippen LogP contribution in [0.25, 0.3) is 0 Å². The van der Waals surface area contributed by atoms with Crippen molar-refractivity contribution < 1.29 is 28.6 Å². The number of allylic oxidation sites excluding steroid dienone is 8. The molecular weight excluding hydrogens is 865 g/mol. The van der Waals surface area contributed by atoms with E-state index >= 15 is 0 Å². The van der Waals surface area contributed by atoms with Gasteiger partial charge in [0.15, 0.2) is 6.10 Å². The van der Waals surface area contributed by atoms with E-state index in [9.17, 15) is 14.4 Å². The lowest BCUT2D eigenvalue weighted by molar-refractivity contribution is -0.167. The van der Waals surface area contributed by atoms with Crippen LogP contribution < -0.4 is 0 Å². The molecule has 0 amide bonds. The standard InChI is InChI=1S/C64H116O6/c1-4-7-10-13-16-19-22-25-27-29-30-31-32-33-34-35-37-39-42-45-48-51-54-57-63(66)69-60-61(59-68-62(65)56-53-50-47-44-41-38-24-21-18-15-12-9-6-3)70-64(67)58-55-52-49-46-43-40-36-28-26-23-20-17-14-11-8-5-2/h9,12,18,21,29-30,38,41,61H,4-8,10-11,13-17,19-20,22-28,31-37,39-40,42-60H2,1-3H3/b12-9-,21-18-,30-29-,41-38-. The topological polar surface area (TPSA) is 78.9 Å². The van der Waals surface area contributed by atoms with Crippen LogP contribution in [-0.2, 0) is 28.6 Å². The van der Waals surface area contributed by atoms with Crippen LogP contribution in [0.15, 0.2) is 48.6 Å². The van der Waals surface area contributed by atoms with Crippen LogP contribution in [0, 0.1) is 0 Å². The number of carbonyl (C=O) groups excluding carboxylic acids is 3. The molecular formula is C64H116O6. The second kappa shape index (κ2) is 58.9. The van der Waals surface area contributed by atoms with Gasteiger partial charge in [0.2, 0.25) is 0 Å². The lowest BCUT2D eigenvalue weighted by Gasteiger charge is -2.18. The number of rotatable bonds is 56. The summed E-state index contributed by atoms with van der Waals surface area (Å²) in [5.41, 5.74) is 0. The molecule has 0 aromatic carbocycles. The Morgan fingerprint density at radius 2 is 0.557 bits per heavy atom. The maximum Gasteiger partial charge on any atom is 0.306 e.